The Hall–Kier alpha value is -1.96. The van der Waals surface area contributed by atoms with Crippen molar-refractivity contribution in [2.75, 3.05) is 6.66 Å². The van der Waals surface area contributed by atoms with Crippen LogP contribution < -0.4 is 10.1 Å². The number of carbonyl (C=O) groups excluding carboxylic acids is 1. The normalized spacial score (nSPS) is 12.4. The number of hydrogen-bond donors (Lipinski definition) is 3. The molecule has 160 valence electrons. The molecule has 7 nitrogen and oxygen atoms in total. The number of hydrogen-bond acceptors (Lipinski definition) is 5. The topological polar surface area (TPSA) is 113 Å². The van der Waals surface area contributed by atoms with E-state index in [4.69, 9.17) is 4.74 Å². The highest BCUT2D eigenvalue weighted by molar-refractivity contribution is 9.11. The van der Waals surface area contributed by atoms with Gasteiger partial charge in [-0.05, 0) is 68.1 Å². The van der Waals surface area contributed by atoms with Gasteiger partial charge in [0.15, 0.2) is 11.9 Å². The molecule has 0 heterocycles. The van der Waals surface area contributed by atoms with Crippen LogP contribution in [0, 0.1) is 5.92 Å². The van der Waals surface area contributed by atoms with Crippen molar-refractivity contribution in [2.45, 2.75) is 26.1 Å². The van der Waals surface area contributed by atoms with Crippen LogP contribution in [0.4, 0.5) is 0 Å². The molecule has 1 amide bonds. The van der Waals surface area contributed by atoms with Crippen molar-refractivity contribution in [2.24, 2.45) is 5.92 Å². The molecule has 0 aromatic heterocycles. The number of phenols is 1. The average Bonchev–Trinajstić information content (AvgIpc) is 2.62. The lowest BCUT2D eigenvalue weighted by Crippen LogP contribution is -2.44. The van der Waals surface area contributed by atoms with Gasteiger partial charge in [0.25, 0.3) is 5.91 Å². The van der Waals surface area contributed by atoms with Gasteiger partial charge in [0.1, 0.15) is 24.2 Å². The zero-order valence-electron chi connectivity index (χ0n) is 16.5. The first-order valence-corrected chi connectivity index (χ1v) is 12.4. The summed E-state index contributed by atoms with van der Waals surface area (Å²) in [7, 11) is -1.34. The first-order valence-electron chi connectivity index (χ1n) is 8.90. The number of carboxylic acids is 1. The molecule has 2 unspecified atom stereocenters. The van der Waals surface area contributed by atoms with Crippen LogP contribution in [0.1, 0.15) is 29.8 Å². The zero-order valence-corrected chi connectivity index (χ0v) is 20.5. The maximum atomic E-state index is 12.5. The molecule has 30 heavy (non-hydrogen) atoms. The number of rotatable bonds is 8. The lowest BCUT2D eigenvalue weighted by Gasteiger charge is -2.18. The molecule has 0 spiro atoms. The van der Waals surface area contributed by atoms with Crippen molar-refractivity contribution in [1.29, 1.82) is 0 Å². The van der Waals surface area contributed by atoms with Crippen LogP contribution in [0.3, 0.4) is 0 Å². The van der Waals surface area contributed by atoms with E-state index >= 15 is 0 Å². The van der Waals surface area contributed by atoms with Gasteiger partial charge in [-0.1, -0.05) is 18.4 Å². The van der Waals surface area contributed by atoms with Crippen LogP contribution in [0.5, 0.6) is 17.2 Å². The Morgan fingerprint density at radius 1 is 1.17 bits per heavy atom. The van der Waals surface area contributed by atoms with Crippen molar-refractivity contribution in [1.82, 2.24) is 5.32 Å². The molecule has 0 aliphatic heterocycles. The van der Waals surface area contributed by atoms with Crippen LogP contribution in [0.2, 0.25) is 0 Å². The summed E-state index contributed by atoms with van der Waals surface area (Å²) in [5.74, 6) is -1.81. The molecule has 0 bridgehead atoms. The number of aliphatic carboxylic acids is 1. The Balaban J connectivity index is 2.30. The summed E-state index contributed by atoms with van der Waals surface area (Å²) in [6.07, 6.45) is 0.428. The quantitative estimate of drug-likeness (QED) is 0.366. The fraction of sp³-hybridized carbons (Fsp3) is 0.300. The summed E-state index contributed by atoms with van der Waals surface area (Å²) in [5.41, 5.74) is 0.759. The molecule has 0 radical (unpaired) electrons. The average molecular weight is 562 g/mol. The van der Waals surface area contributed by atoms with Crippen molar-refractivity contribution >= 4 is 51.5 Å². The second-order valence-electron chi connectivity index (χ2n) is 6.99. The lowest BCUT2D eigenvalue weighted by atomic mass is 10.0. The molecule has 0 saturated heterocycles. The van der Waals surface area contributed by atoms with Gasteiger partial charge >= 0.3 is 13.8 Å². The molecular weight excluding hydrogens is 541 g/mol. The van der Waals surface area contributed by atoms with Crippen LogP contribution in [-0.4, -0.2) is 34.8 Å². The lowest BCUT2D eigenvalue weighted by molar-refractivity contribution is -0.140. The van der Waals surface area contributed by atoms with Gasteiger partial charge in [0.05, 0.1) is 14.5 Å². The predicted molar refractivity (Wildman–Crippen MR) is 121 cm³/mol. The number of benzene rings is 2. The highest BCUT2D eigenvalue weighted by atomic mass is 79.9. The molecular formula is C20H21Br2NO6P+. The van der Waals surface area contributed by atoms with Crippen molar-refractivity contribution in [3.05, 3.63) is 50.4 Å². The van der Waals surface area contributed by atoms with Crippen LogP contribution in [-0.2, 0) is 15.5 Å². The van der Waals surface area contributed by atoms with E-state index in [1.165, 1.54) is 18.2 Å². The number of carboxylic acid groups (broad SMARTS) is 1. The van der Waals surface area contributed by atoms with Crippen LogP contribution in [0.25, 0.3) is 0 Å². The largest absolute Gasteiger partial charge is 0.507 e. The van der Waals surface area contributed by atoms with Crippen molar-refractivity contribution in [3.63, 3.8) is 0 Å². The Kier molecular flexibility index (Phi) is 8.41. The zero-order chi connectivity index (χ0) is 22.6. The third kappa shape index (κ3) is 6.27. The summed E-state index contributed by atoms with van der Waals surface area (Å²) in [6.45, 7) is 5.00. The Labute approximate surface area is 191 Å². The van der Waals surface area contributed by atoms with Crippen molar-refractivity contribution < 1.29 is 29.1 Å². The maximum Gasteiger partial charge on any atom is 0.340 e. The molecule has 10 heteroatoms. The fourth-order valence-electron chi connectivity index (χ4n) is 2.67. The molecule has 2 rings (SSSR count). The number of nitrogens with one attached hydrogen (secondary N) is 1. The van der Waals surface area contributed by atoms with Gasteiger partial charge in [-0.25, -0.2) is 4.79 Å². The first kappa shape index (κ1) is 24.3. The van der Waals surface area contributed by atoms with E-state index in [0.717, 1.165) is 5.56 Å². The number of ether oxygens (including phenoxy) is 1. The summed E-state index contributed by atoms with van der Waals surface area (Å²) in [4.78, 5) is 23.9. The smallest absolute Gasteiger partial charge is 0.340 e. The van der Waals surface area contributed by atoms with Gasteiger partial charge in [-0.15, -0.1) is 0 Å². The third-order valence-corrected chi connectivity index (χ3v) is 6.10. The highest BCUT2D eigenvalue weighted by Gasteiger charge is 2.25. The van der Waals surface area contributed by atoms with Gasteiger partial charge in [0.2, 0.25) is 0 Å². The highest BCUT2D eigenvalue weighted by Crippen LogP contribution is 2.40. The Morgan fingerprint density at radius 2 is 1.77 bits per heavy atom. The van der Waals surface area contributed by atoms with Crippen molar-refractivity contribution in [3.8, 4) is 17.2 Å². The Bertz CT molecular complexity index is 972. The van der Waals surface area contributed by atoms with Crippen LogP contribution in [0.15, 0.2) is 39.3 Å². The number of aromatic hydroxyl groups is 1. The van der Waals surface area contributed by atoms with E-state index in [0.29, 0.717) is 20.9 Å². The van der Waals surface area contributed by atoms with Gasteiger partial charge in [-0.2, -0.15) is 0 Å². The van der Waals surface area contributed by atoms with E-state index in [9.17, 15) is 24.4 Å². The second kappa shape index (κ2) is 10.4. The fourth-order valence-corrected chi connectivity index (χ4v) is 4.81. The standard InChI is InChI=1S/C20H20Br2NO6P/c1-10(2)17(20(26)27)23-19(25)13-8-12(4-5-16(13)24)29-18-14(21)6-11(7-15(18)22)9-30(3)28/h4-8,10,17H,9H2,1-3H3,(H2-,23,24,25,26,27)/p+1. The molecule has 2 aromatic carbocycles. The van der Waals surface area contributed by atoms with Gasteiger partial charge in [-0.3, -0.25) is 4.79 Å². The molecule has 0 saturated carbocycles. The van der Waals surface area contributed by atoms with Crippen LogP contribution >= 0.6 is 39.7 Å². The molecule has 2 atom stereocenters. The number of carbonyl (C=O) groups is 2. The molecule has 0 fully saturated rings. The maximum absolute atomic E-state index is 12.5. The summed E-state index contributed by atoms with van der Waals surface area (Å²) in [5, 5.41) is 21.8. The Morgan fingerprint density at radius 3 is 2.27 bits per heavy atom. The second-order valence-corrected chi connectivity index (χ2v) is 10.3. The number of halogens is 2. The molecule has 0 aliphatic carbocycles. The SMILES string of the molecule is CC(C)C(NC(=O)c1cc(Oc2c(Br)cc(C[P+](C)=O)cc2Br)ccc1O)C(=O)O. The summed E-state index contributed by atoms with van der Waals surface area (Å²) >= 11 is 6.86. The minimum absolute atomic E-state index is 0.105. The number of phenolic OH excluding ortho intramolecular Hbond substituents is 1. The minimum Gasteiger partial charge on any atom is -0.507 e. The summed E-state index contributed by atoms with van der Waals surface area (Å²) in [6, 6.07) is 6.62. The van der Waals surface area contributed by atoms with E-state index in [-0.39, 0.29) is 23.0 Å². The molecule has 0 aliphatic rings. The van der Waals surface area contributed by atoms with E-state index < -0.39 is 25.7 Å². The summed E-state index contributed by atoms with van der Waals surface area (Å²) < 4.78 is 18.6. The third-order valence-electron chi connectivity index (χ3n) is 4.12. The first-order chi connectivity index (χ1) is 14.0. The van der Waals surface area contributed by atoms with E-state index in [1.54, 1.807) is 32.6 Å². The molecule has 3 N–H and O–H groups in total. The number of amides is 1. The van der Waals surface area contributed by atoms with Gasteiger partial charge in [0, 0.05) is 5.56 Å². The van der Waals surface area contributed by atoms with E-state index in [1.807, 2.05) is 0 Å². The minimum atomic E-state index is -1.34. The molecule has 2 aromatic rings. The predicted octanol–water partition coefficient (Wildman–Crippen LogP) is 5.51. The monoisotopic (exact) mass is 560 g/mol. The van der Waals surface area contributed by atoms with Gasteiger partial charge < -0.3 is 20.3 Å². The van der Waals surface area contributed by atoms with E-state index in [2.05, 4.69) is 37.2 Å².